The normalized spacial score (nSPS) is 18.0. The van der Waals surface area contributed by atoms with E-state index in [0.717, 1.165) is 43.6 Å². The summed E-state index contributed by atoms with van der Waals surface area (Å²) in [6.07, 6.45) is 4.92. The molecule has 4 heteroatoms. The van der Waals surface area contributed by atoms with Gasteiger partial charge >= 0.3 is 0 Å². The number of aryl methyl sites for hydroxylation is 1. The van der Waals surface area contributed by atoms with Crippen molar-refractivity contribution in [2.45, 2.75) is 38.8 Å². The monoisotopic (exact) mass is 323 g/mol. The third-order valence-corrected chi connectivity index (χ3v) is 4.60. The lowest BCUT2D eigenvalue weighted by Gasteiger charge is -2.31. The average Bonchev–Trinajstić information content (AvgIpc) is 2.90. The van der Waals surface area contributed by atoms with Crippen LogP contribution in [-0.4, -0.2) is 34.9 Å². The molecule has 1 aliphatic heterocycles. The summed E-state index contributed by atoms with van der Waals surface area (Å²) in [5, 5.41) is 3.43. The maximum absolute atomic E-state index is 13.1. The summed E-state index contributed by atoms with van der Waals surface area (Å²) in [7, 11) is 0. The first-order valence-corrected chi connectivity index (χ1v) is 8.72. The number of amides is 1. The standard InChI is InChI=1S/C20H25N3O/c1-16-7-9-17(10-8-16)20(24)23(15-18-5-2-3-13-22-18)19-6-4-12-21-14-11-19/h2-3,5,7-10,13,19,21H,4,6,11-12,14-15H2,1H3. The first kappa shape index (κ1) is 16.7. The molecular formula is C20H25N3O. The topological polar surface area (TPSA) is 45.2 Å². The van der Waals surface area contributed by atoms with Crippen molar-refractivity contribution in [1.29, 1.82) is 0 Å². The van der Waals surface area contributed by atoms with Crippen molar-refractivity contribution in [3.05, 3.63) is 65.5 Å². The number of benzene rings is 1. The molecule has 126 valence electrons. The summed E-state index contributed by atoms with van der Waals surface area (Å²) in [4.78, 5) is 19.6. The minimum Gasteiger partial charge on any atom is -0.330 e. The van der Waals surface area contributed by atoms with Crippen LogP contribution in [0.5, 0.6) is 0 Å². The SMILES string of the molecule is Cc1ccc(C(=O)N(Cc2ccccn2)C2CCCNCC2)cc1. The second-order valence-electron chi connectivity index (χ2n) is 6.45. The Morgan fingerprint density at radius 1 is 1.17 bits per heavy atom. The molecule has 3 rings (SSSR count). The second kappa shape index (κ2) is 8.06. The van der Waals surface area contributed by atoms with Gasteiger partial charge in [0.2, 0.25) is 0 Å². The summed E-state index contributed by atoms with van der Waals surface area (Å²) in [6, 6.07) is 14.0. The highest BCUT2D eigenvalue weighted by Crippen LogP contribution is 2.19. The third kappa shape index (κ3) is 4.20. The molecule has 1 atom stereocenters. The van der Waals surface area contributed by atoms with Crippen molar-refractivity contribution >= 4 is 5.91 Å². The number of carbonyl (C=O) groups excluding carboxylic acids is 1. The van der Waals surface area contributed by atoms with Crippen LogP contribution < -0.4 is 5.32 Å². The largest absolute Gasteiger partial charge is 0.330 e. The zero-order chi connectivity index (χ0) is 16.8. The van der Waals surface area contributed by atoms with Gasteiger partial charge in [-0.15, -0.1) is 0 Å². The Balaban J connectivity index is 1.85. The van der Waals surface area contributed by atoms with Crippen LogP contribution in [0.2, 0.25) is 0 Å². The Morgan fingerprint density at radius 3 is 2.75 bits per heavy atom. The molecule has 2 heterocycles. The number of carbonyl (C=O) groups is 1. The molecular weight excluding hydrogens is 298 g/mol. The summed E-state index contributed by atoms with van der Waals surface area (Å²) in [5.41, 5.74) is 2.87. The summed E-state index contributed by atoms with van der Waals surface area (Å²) < 4.78 is 0. The first-order chi connectivity index (χ1) is 11.7. The van der Waals surface area contributed by atoms with Crippen LogP contribution in [0.4, 0.5) is 0 Å². The lowest BCUT2D eigenvalue weighted by molar-refractivity contribution is 0.0642. The number of hydrogen-bond donors (Lipinski definition) is 1. The predicted octanol–water partition coefficient (Wildman–Crippen LogP) is 3.17. The van der Waals surface area contributed by atoms with Gasteiger partial charge in [0.25, 0.3) is 5.91 Å². The van der Waals surface area contributed by atoms with Gasteiger partial charge in [0, 0.05) is 17.8 Å². The molecule has 1 N–H and O–H groups in total. The number of aromatic nitrogens is 1. The molecule has 1 fully saturated rings. The Hall–Kier alpha value is -2.20. The van der Waals surface area contributed by atoms with Crippen LogP contribution in [-0.2, 0) is 6.54 Å². The van der Waals surface area contributed by atoms with Crippen LogP contribution in [0, 0.1) is 6.92 Å². The van der Waals surface area contributed by atoms with E-state index in [9.17, 15) is 4.79 Å². The van der Waals surface area contributed by atoms with E-state index >= 15 is 0 Å². The molecule has 24 heavy (non-hydrogen) atoms. The van der Waals surface area contributed by atoms with Crippen molar-refractivity contribution in [1.82, 2.24) is 15.2 Å². The van der Waals surface area contributed by atoms with Gasteiger partial charge < -0.3 is 10.2 Å². The second-order valence-corrected chi connectivity index (χ2v) is 6.45. The van der Waals surface area contributed by atoms with E-state index in [1.165, 1.54) is 5.56 Å². The quantitative estimate of drug-likeness (QED) is 0.940. The van der Waals surface area contributed by atoms with E-state index in [1.807, 2.05) is 54.3 Å². The van der Waals surface area contributed by atoms with Crippen LogP contribution in [0.25, 0.3) is 0 Å². The fraction of sp³-hybridized carbons (Fsp3) is 0.400. The molecule has 4 nitrogen and oxygen atoms in total. The van der Waals surface area contributed by atoms with Crippen molar-refractivity contribution in [2.75, 3.05) is 13.1 Å². The molecule has 0 spiro atoms. The number of rotatable bonds is 4. The molecule has 0 bridgehead atoms. The van der Waals surface area contributed by atoms with Gasteiger partial charge in [-0.25, -0.2) is 0 Å². The van der Waals surface area contributed by atoms with Crippen LogP contribution in [0.3, 0.4) is 0 Å². The van der Waals surface area contributed by atoms with E-state index in [0.29, 0.717) is 6.54 Å². The van der Waals surface area contributed by atoms with Gasteiger partial charge in [0.15, 0.2) is 0 Å². The van der Waals surface area contributed by atoms with Gasteiger partial charge in [-0.05, 0) is 63.5 Å². The van der Waals surface area contributed by atoms with Crippen LogP contribution in [0.1, 0.15) is 40.9 Å². The summed E-state index contributed by atoms with van der Waals surface area (Å²) in [5.74, 6) is 0.104. The molecule has 0 aliphatic carbocycles. The van der Waals surface area contributed by atoms with E-state index in [1.54, 1.807) is 6.20 Å². The lowest BCUT2D eigenvalue weighted by Crippen LogP contribution is -2.40. The highest BCUT2D eigenvalue weighted by Gasteiger charge is 2.26. The van der Waals surface area contributed by atoms with Gasteiger partial charge in [0.05, 0.1) is 12.2 Å². The number of nitrogens with one attached hydrogen (secondary N) is 1. The van der Waals surface area contributed by atoms with Crippen molar-refractivity contribution < 1.29 is 4.79 Å². The highest BCUT2D eigenvalue weighted by molar-refractivity contribution is 5.94. The number of hydrogen-bond acceptors (Lipinski definition) is 3. The zero-order valence-corrected chi connectivity index (χ0v) is 14.2. The Labute approximate surface area is 143 Å². The third-order valence-electron chi connectivity index (χ3n) is 4.60. The molecule has 0 saturated carbocycles. The molecule has 1 aliphatic rings. The van der Waals surface area contributed by atoms with Gasteiger partial charge in [-0.3, -0.25) is 9.78 Å². The predicted molar refractivity (Wildman–Crippen MR) is 95.8 cm³/mol. The van der Waals surface area contributed by atoms with Crippen molar-refractivity contribution in [2.24, 2.45) is 0 Å². The molecule has 1 saturated heterocycles. The molecule has 1 unspecified atom stereocenters. The molecule has 1 aromatic carbocycles. The maximum atomic E-state index is 13.1. The van der Waals surface area contributed by atoms with E-state index in [-0.39, 0.29) is 11.9 Å². The summed E-state index contributed by atoms with van der Waals surface area (Å²) in [6.45, 7) is 4.60. The molecule has 1 amide bonds. The summed E-state index contributed by atoms with van der Waals surface area (Å²) >= 11 is 0. The minimum atomic E-state index is 0.104. The minimum absolute atomic E-state index is 0.104. The highest BCUT2D eigenvalue weighted by atomic mass is 16.2. The van der Waals surface area contributed by atoms with E-state index in [2.05, 4.69) is 10.3 Å². The maximum Gasteiger partial charge on any atom is 0.254 e. The van der Waals surface area contributed by atoms with E-state index < -0.39 is 0 Å². The van der Waals surface area contributed by atoms with Crippen LogP contribution >= 0.6 is 0 Å². The first-order valence-electron chi connectivity index (χ1n) is 8.72. The molecule has 1 aromatic heterocycles. The zero-order valence-electron chi connectivity index (χ0n) is 14.2. The Morgan fingerprint density at radius 2 is 2.00 bits per heavy atom. The smallest absolute Gasteiger partial charge is 0.254 e. The van der Waals surface area contributed by atoms with Gasteiger partial charge in [-0.1, -0.05) is 23.8 Å². The molecule has 2 aromatic rings. The Bertz CT molecular complexity index is 646. The molecule has 0 radical (unpaired) electrons. The van der Waals surface area contributed by atoms with Gasteiger partial charge in [0.1, 0.15) is 0 Å². The van der Waals surface area contributed by atoms with Crippen molar-refractivity contribution in [3.8, 4) is 0 Å². The average molecular weight is 323 g/mol. The number of nitrogens with zero attached hydrogens (tertiary/aromatic N) is 2. The lowest BCUT2D eigenvalue weighted by atomic mass is 10.0. The van der Waals surface area contributed by atoms with E-state index in [4.69, 9.17) is 0 Å². The fourth-order valence-corrected chi connectivity index (χ4v) is 3.21. The fourth-order valence-electron chi connectivity index (χ4n) is 3.21. The van der Waals surface area contributed by atoms with Crippen molar-refractivity contribution in [3.63, 3.8) is 0 Å². The van der Waals surface area contributed by atoms with Crippen LogP contribution in [0.15, 0.2) is 48.7 Å². The Kier molecular flexibility index (Phi) is 5.59. The number of pyridine rings is 1. The van der Waals surface area contributed by atoms with Gasteiger partial charge in [-0.2, -0.15) is 0 Å².